The second kappa shape index (κ2) is 5.21. The summed E-state index contributed by atoms with van der Waals surface area (Å²) in [5.41, 5.74) is 3.00. The van der Waals surface area contributed by atoms with Gasteiger partial charge in [0.1, 0.15) is 0 Å². The van der Waals surface area contributed by atoms with Crippen molar-refractivity contribution in [3.63, 3.8) is 0 Å². The van der Waals surface area contributed by atoms with Gasteiger partial charge >= 0.3 is 0 Å². The molecule has 1 aliphatic heterocycles. The molecule has 1 aromatic carbocycles. The topological polar surface area (TPSA) is 73.1 Å². The van der Waals surface area contributed by atoms with E-state index in [0.29, 0.717) is 18.1 Å². The van der Waals surface area contributed by atoms with Gasteiger partial charge in [-0.25, -0.2) is 8.42 Å². The third-order valence-electron chi connectivity index (χ3n) is 3.78. The molecule has 21 heavy (non-hydrogen) atoms. The zero-order chi connectivity index (χ0) is 15.2. The number of benzene rings is 1. The van der Waals surface area contributed by atoms with Gasteiger partial charge in [0.15, 0.2) is 15.7 Å². The molecule has 5 nitrogen and oxygen atoms in total. The van der Waals surface area contributed by atoms with E-state index in [1.807, 2.05) is 26.0 Å². The van der Waals surface area contributed by atoms with Gasteiger partial charge < -0.3 is 4.52 Å². The molecule has 112 valence electrons. The van der Waals surface area contributed by atoms with Gasteiger partial charge in [-0.15, -0.1) is 0 Å². The highest BCUT2D eigenvalue weighted by atomic mass is 79.9. The van der Waals surface area contributed by atoms with Crippen LogP contribution in [-0.2, 0) is 9.84 Å². The Kier molecular flexibility index (Phi) is 3.65. The molecule has 0 aliphatic carbocycles. The Morgan fingerprint density at radius 1 is 1.29 bits per heavy atom. The fraction of sp³-hybridized carbons (Fsp3) is 0.429. The van der Waals surface area contributed by atoms with Crippen LogP contribution in [0.4, 0.5) is 0 Å². The molecule has 0 amide bonds. The van der Waals surface area contributed by atoms with Crippen LogP contribution in [0.2, 0.25) is 0 Å². The molecule has 0 spiro atoms. The fourth-order valence-corrected chi connectivity index (χ4v) is 4.72. The minimum absolute atomic E-state index is 0.115. The van der Waals surface area contributed by atoms with Crippen LogP contribution in [0.3, 0.4) is 0 Å². The van der Waals surface area contributed by atoms with Crippen molar-refractivity contribution in [3.05, 3.63) is 33.6 Å². The molecule has 0 N–H and O–H groups in total. The van der Waals surface area contributed by atoms with Gasteiger partial charge in [-0.05, 0) is 43.5 Å². The third kappa shape index (κ3) is 2.89. The van der Waals surface area contributed by atoms with Crippen LogP contribution in [0.25, 0.3) is 11.5 Å². The molecule has 0 saturated carbocycles. The molecule has 2 aromatic rings. The molecule has 1 aromatic heterocycles. The largest absolute Gasteiger partial charge is 0.334 e. The summed E-state index contributed by atoms with van der Waals surface area (Å²) in [6, 6.07) is 4.00. The summed E-state index contributed by atoms with van der Waals surface area (Å²) in [4.78, 5) is 4.40. The van der Waals surface area contributed by atoms with Crippen molar-refractivity contribution in [2.45, 2.75) is 26.2 Å². The molecule has 7 heteroatoms. The van der Waals surface area contributed by atoms with E-state index in [0.717, 1.165) is 21.2 Å². The van der Waals surface area contributed by atoms with E-state index in [4.69, 9.17) is 4.52 Å². The number of sulfone groups is 1. The van der Waals surface area contributed by atoms with Gasteiger partial charge in [0.25, 0.3) is 5.89 Å². The van der Waals surface area contributed by atoms with Gasteiger partial charge in [0.2, 0.25) is 0 Å². The maximum atomic E-state index is 11.5. The molecular formula is C14H15BrN2O3S. The molecule has 1 unspecified atom stereocenters. The highest BCUT2D eigenvalue weighted by Crippen LogP contribution is 2.31. The zero-order valence-electron chi connectivity index (χ0n) is 11.8. The molecule has 3 rings (SSSR count). The van der Waals surface area contributed by atoms with E-state index in [1.54, 1.807) is 0 Å². The highest BCUT2D eigenvalue weighted by Gasteiger charge is 2.32. The standard InChI is InChI=1S/C14H15BrN2O3S/c1-8-6-12(15)9(2)5-11(8)14-16-13(17-20-14)10-3-4-21(18,19)7-10/h5-6,10H,3-4,7H2,1-2H3. The number of nitrogens with zero attached hydrogens (tertiary/aromatic N) is 2. The molecular weight excluding hydrogens is 356 g/mol. The SMILES string of the molecule is Cc1cc(-c2nc(C3CCS(=O)(=O)C3)no2)c(C)cc1Br. The predicted octanol–water partition coefficient (Wildman–Crippen LogP) is 3.02. The van der Waals surface area contributed by atoms with Crippen molar-refractivity contribution in [1.82, 2.24) is 10.1 Å². The number of hydrogen-bond acceptors (Lipinski definition) is 5. The summed E-state index contributed by atoms with van der Waals surface area (Å²) in [6.45, 7) is 3.97. The minimum Gasteiger partial charge on any atom is -0.334 e. The lowest BCUT2D eigenvalue weighted by atomic mass is 10.1. The van der Waals surface area contributed by atoms with E-state index >= 15 is 0 Å². The lowest BCUT2D eigenvalue weighted by Crippen LogP contribution is -2.05. The average molecular weight is 371 g/mol. The van der Waals surface area contributed by atoms with Crippen LogP contribution in [0, 0.1) is 13.8 Å². The normalized spacial score (nSPS) is 20.8. The molecule has 1 saturated heterocycles. The van der Waals surface area contributed by atoms with Crippen molar-refractivity contribution in [3.8, 4) is 11.5 Å². The number of hydrogen-bond donors (Lipinski definition) is 0. The molecule has 0 radical (unpaired) electrons. The maximum Gasteiger partial charge on any atom is 0.258 e. The Balaban J connectivity index is 1.94. The Morgan fingerprint density at radius 3 is 2.71 bits per heavy atom. The maximum absolute atomic E-state index is 11.5. The van der Waals surface area contributed by atoms with Crippen LogP contribution >= 0.6 is 15.9 Å². The summed E-state index contributed by atoms with van der Waals surface area (Å²) in [5, 5.41) is 3.97. The van der Waals surface area contributed by atoms with Crippen molar-refractivity contribution in [2.24, 2.45) is 0 Å². The van der Waals surface area contributed by atoms with E-state index in [9.17, 15) is 8.42 Å². The van der Waals surface area contributed by atoms with Gasteiger partial charge in [-0.2, -0.15) is 4.98 Å². The predicted molar refractivity (Wildman–Crippen MR) is 82.9 cm³/mol. The molecule has 1 aliphatic rings. The Labute approximate surface area is 131 Å². The zero-order valence-corrected chi connectivity index (χ0v) is 14.2. The van der Waals surface area contributed by atoms with E-state index in [1.165, 1.54) is 0 Å². The number of aryl methyl sites for hydroxylation is 2. The van der Waals surface area contributed by atoms with Crippen LogP contribution in [0.1, 0.15) is 29.3 Å². The van der Waals surface area contributed by atoms with Gasteiger partial charge in [-0.3, -0.25) is 0 Å². The first kappa shape index (κ1) is 14.7. The number of halogens is 1. The lowest BCUT2D eigenvalue weighted by molar-refractivity contribution is 0.417. The second-order valence-corrected chi connectivity index (χ2v) is 8.56. The van der Waals surface area contributed by atoms with Crippen LogP contribution in [0.5, 0.6) is 0 Å². The highest BCUT2D eigenvalue weighted by molar-refractivity contribution is 9.10. The Hall–Kier alpha value is -1.21. The van der Waals surface area contributed by atoms with Crippen LogP contribution in [-0.4, -0.2) is 30.1 Å². The first-order chi connectivity index (χ1) is 9.85. The Bertz CT molecular complexity index is 799. The van der Waals surface area contributed by atoms with Crippen LogP contribution in [0.15, 0.2) is 21.1 Å². The van der Waals surface area contributed by atoms with E-state index in [2.05, 4.69) is 26.1 Å². The monoisotopic (exact) mass is 370 g/mol. The quantitative estimate of drug-likeness (QED) is 0.812. The van der Waals surface area contributed by atoms with Crippen molar-refractivity contribution >= 4 is 25.8 Å². The average Bonchev–Trinajstić information content (AvgIpc) is 3.00. The number of rotatable bonds is 2. The molecule has 2 heterocycles. The summed E-state index contributed by atoms with van der Waals surface area (Å²) in [6.07, 6.45) is 0.569. The summed E-state index contributed by atoms with van der Waals surface area (Å²) >= 11 is 3.49. The first-order valence-corrected chi connectivity index (χ1v) is 9.28. The van der Waals surface area contributed by atoms with E-state index < -0.39 is 9.84 Å². The number of aromatic nitrogens is 2. The Morgan fingerprint density at radius 2 is 2.05 bits per heavy atom. The second-order valence-electron chi connectivity index (χ2n) is 5.47. The fourth-order valence-electron chi connectivity index (χ4n) is 2.52. The smallest absolute Gasteiger partial charge is 0.258 e. The first-order valence-electron chi connectivity index (χ1n) is 6.67. The molecule has 0 bridgehead atoms. The van der Waals surface area contributed by atoms with Gasteiger partial charge in [0, 0.05) is 16.0 Å². The minimum atomic E-state index is -2.95. The third-order valence-corrected chi connectivity index (χ3v) is 6.40. The molecule has 1 fully saturated rings. The lowest BCUT2D eigenvalue weighted by Gasteiger charge is -2.04. The summed E-state index contributed by atoms with van der Waals surface area (Å²) in [7, 11) is -2.95. The van der Waals surface area contributed by atoms with E-state index in [-0.39, 0.29) is 17.4 Å². The summed E-state index contributed by atoms with van der Waals surface area (Å²) < 4.78 is 29.4. The van der Waals surface area contributed by atoms with Crippen molar-refractivity contribution in [1.29, 1.82) is 0 Å². The van der Waals surface area contributed by atoms with Crippen molar-refractivity contribution < 1.29 is 12.9 Å². The van der Waals surface area contributed by atoms with Gasteiger partial charge in [-0.1, -0.05) is 21.1 Å². The van der Waals surface area contributed by atoms with Crippen molar-refractivity contribution in [2.75, 3.05) is 11.5 Å². The summed E-state index contributed by atoms with van der Waals surface area (Å²) in [5.74, 6) is 1.11. The van der Waals surface area contributed by atoms with Crippen LogP contribution < -0.4 is 0 Å². The van der Waals surface area contributed by atoms with Gasteiger partial charge in [0.05, 0.1) is 11.5 Å². The molecule has 1 atom stereocenters.